The molecule has 0 aliphatic carbocycles. The number of rotatable bonds is 7. The number of nitro groups is 1. The molecule has 1 aromatic heterocycles. The van der Waals surface area contributed by atoms with Crippen LogP contribution >= 0.6 is 0 Å². The zero-order valence-corrected chi connectivity index (χ0v) is 13.0. The summed E-state index contributed by atoms with van der Waals surface area (Å²) in [6.07, 6.45) is 1.95. The second-order valence-electron chi connectivity index (χ2n) is 4.89. The van der Waals surface area contributed by atoms with Gasteiger partial charge in [0, 0.05) is 19.2 Å². The van der Waals surface area contributed by atoms with Gasteiger partial charge in [0.15, 0.2) is 0 Å². The molecule has 8 heteroatoms. The molecule has 0 atom stereocenters. The van der Waals surface area contributed by atoms with E-state index in [0.717, 1.165) is 5.69 Å². The van der Waals surface area contributed by atoms with Crippen molar-refractivity contribution in [2.24, 2.45) is 0 Å². The fourth-order valence-corrected chi connectivity index (χ4v) is 2.04. The summed E-state index contributed by atoms with van der Waals surface area (Å²) < 4.78 is 6.89. The van der Waals surface area contributed by atoms with Gasteiger partial charge in [-0.1, -0.05) is 0 Å². The smallest absolute Gasteiger partial charge is 0.296 e. The van der Waals surface area contributed by atoms with Crippen LogP contribution in [0.25, 0.3) is 0 Å². The lowest BCUT2D eigenvalue weighted by molar-refractivity contribution is -0.384. The first-order valence-electron chi connectivity index (χ1n) is 7.20. The van der Waals surface area contributed by atoms with Crippen LogP contribution in [0.1, 0.15) is 19.0 Å². The summed E-state index contributed by atoms with van der Waals surface area (Å²) in [6, 6.07) is 6.20. The number of nitro benzene ring substituents is 1. The molecule has 1 heterocycles. The van der Waals surface area contributed by atoms with Gasteiger partial charge in [0.25, 0.3) is 5.69 Å². The molecule has 0 unspecified atom stereocenters. The molecule has 2 rings (SSSR count). The zero-order chi connectivity index (χ0) is 16.8. The van der Waals surface area contributed by atoms with E-state index in [4.69, 9.17) is 4.74 Å². The van der Waals surface area contributed by atoms with Gasteiger partial charge in [0.2, 0.25) is 5.91 Å². The molecular weight excluding hydrogens is 300 g/mol. The third-order valence-corrected chi connectivity index (χ3v) is 3.09. The van der Waals surface area contributed by atoms with Crippen LogP contribution in [-0.4, -0.2) is 27.2 Å². The van der Waals surface area contributed by atoms with Crippen LogP contribution in [0.3, 0.4) is 0 Å². The Morgan fingerprint density at radius 2 is 2.22 bits per heavy atom. The summed E-state index contributed by atoms with van der Waals surface area (Å²) >= 11 is 0. The average molecular weight is 318 g/mol. The van der Waals surface area contributed by atoms with Crippen molar-refractivity contribution in [3.8, 4) is 5.75 Å². The molecule has 122 valence electrons. The first-order valence-corrected chi connectivity index (χ1v) is 7.20. The Hall–Kier alpha value is -2.90. The van der Waals surface area contributed by atoms with Crippen molar-refractivity contribution >= 4 is 17.3 Å². The molecular formula is C15H18N4O4. The number of amides is 1. The number of nitrogens with zero attached hydrogens (tertiary/aromatic N) is 3. The average Bonchev–Trinajstić information content (AvgIpc) is 2.92. The predicted molar refractivity (Wildman–Crippen MR) is 84.5 cm³/mol. The van der Waals surface area contributed by atoms with Gasteiger partial charge < -0.3 is 10.1 Å². The van der Waals surface area contributed by atoms with Gasteiger partial charge in [-0.15, -0.1) is 0 Å². The normalized spacial score (nSPS) is 10.3. The highest BCUT2D eigenvalue weighted by Gasteiger charge is 2.17. The standard InChI is InChI=1S/C15H18N4O4/c1-3-23-12-4-5-13(14(10-12)19(21)22)16-15(20)7-9-18-8-6-11(2)17-18/h4-6,8,10H,3,7,9H2,1-2H3,(H,16,20). The van der Waals surface area contributed by atoms with Crippen molar-refractivity contribution in [3.05, 3.63) is 46.3 Å². The Bertz CT molecular complexity index is 711. The number of benzene rings is 1. The maximum absolute atomic E-state index is 12.0. The molecule has 2 aromatic rings. The maximum Gasteiger partial charge on any atom is 0.296 e. The van der Waals surface area contributed by atoms with E-state index in [2.05, 4.69) is 10.4 Å². The lowest BCUT2D eigenvalue weighted by Gasteiger charge is -2.08. The fraction of sp³-hybridized carbons (Fsp3) is 0.333. The Labute approximate surface area is 133 Å². The summed E-state index contributed by atoms with van der Waals surface area (Å²) in [5.74, 6) is 0.0784. The molecule has 0 saturated carbocycles. The van der Waals surface area contributed by atoms with Gasteiger partial charge in [-0.2, -0.15) is 5.10 Å². The summed E-state index contributed by atoms with van der Waals surface area (Å²) in [4.78, 5) is 22.6. The molecule has 1 amide bonds. The third-order valence-electron chi connectivity index (χ3n) is 3.09. The summed E-state index contributed by atoms with van der Waals surface area (Å²) in [5, 5.41) is 17.9. The molecule has 0 aliphatic heterocycles. The number of ether oxygens (including phenoxy) is 1. The highest BCUT2D eigenvalue weighted by molar-refractivity contribution is 5.93. The molecule has 0 radical (unpaired) electrons. The van der Waals surface area contributed by atoms with Crippen LogP contribution in [0.5, 0.6) is 5.75 Å². The minimum atomic E-state index is -0.547. The van der Waals surface area contributed by atoms with E-state index in [1.54, 1.807) is 23.9 Å². The van der Waals surface area contributed by atoms with E-state index in [1.165, 1.54) is 12.1 Å². The van der Waals surface area contributed by atoms with E-state index >= 15 is 0 Å². The van der Waals surface area contributed by atoms with Gasteiger partial charge >= 0.3 is 0 Å². The second kappa shape index (κ2) is 7.39. The molecule has 1 N–H and O–H groups in total. The summed E-state index contributed by atoms with van der Waals surface area (Å²) in [7, 11) is 0. The number of aryl methyl sites for hydroxylation is 2. The minimum absolute atomic E-state index is 0.153. The third kappa shape index (κ3) is 4.53. The molecule has 8 nitrogen and oxygen atoms in total. The predicted octanol–water partition coefficient (Wildman–Crippen LogP) is 2.53. The van der Waals surface area contributed by atoms with Crippen LogP contribution in [0.2, 0.25) is 0 Å². The molecule has 0 aliphatic rings. The number of anilines is 1. The molecule has 0 saturated heterocycles. The number of hydrogen-bond acceptors (Lipinski definition) is 5. The lowest BCUT2D eigenvalue weighted by atomic mass is 10.2. The molecule has 0 bridgehead atoms. The van der Waals surface area contributed by atoms with E-state index in [0.29, 0.717) is 18.9 Å². The topological polar surface area (TPSA) is 99.3 Å². The van der Waals surface area contributed by atoms with Crippen molar-refractivity contribution in [2.45, 2.75) is 26.8 Å². The van der Waals surface area contributed by atoms with Crippen molar-refractivity contribution in [3.63, 3.8) is 0 Å². The van der Waals surface area contributed by atoms with Gasteiger partial charge in [-0.05, 0) is 32.0 Å². The van der Waals surface area contributed by atoms with E-state index in [9.17, 15) is 14.9 Å². The molecule has 1 aromatic carbocycles. The van der Waals surface area contributed by atoms with E-state index < -0.39 is 4.92 Å². The van der Waals surface area contributed by atoms with Crippen molar-refractivity contribution in [1.82, 2.24) is 9.78 Å². The monoisotopic (exact) mass is 318 g/mol. The Balaban J connectivity index is 2.03. The number of aromatic nitrogens is 2. The second-order valence-corrected chi connectivity index (χ2v) is 4.89. The summed E-state index contributed by atoms with van der Waals surface area (Å²) in [5.41, 5.74) is 0.826. The van der Waals surface area contributed by atoms with Gasteiger partial charge in [0.05, 0.1) is 23.3 Å². The van der Waals surface area contributed by atoms with Gasteiger partial charge in [-0.25, -0.2) is 0 Å². The van der Waals surface area contributed by atoms with Crippen molar-refractivity contribution < 1.29 is 14.5 Å². The zero-order valence-electron chi connectivity index (χ0n) is 13.0. The molecule has 0 fully saturated rings. The number of nitrogens with one attached hydrogen (secondary N) is 1. The quantitative estimate of drug-likeness (QED) is 0.624. The van der Waals surface area contributed by atoms with Crippen LogP contribution in [0.4, 0.5) is 11.4 Å². The van der Waals surface area contributed by atoms with Crippen LogP contribution in [-0.2, 0) is 11.3 Å². The number of carbonyl (C=O) groups excluding carboxylic acids is 1. The van der Waals surface area contributed by atoms with Crippen LogP contribution in [0, 0.1) is 17.0 Å². The largest absolute Gasteiger partial charge is 0.494 e. The number of hydrogen-bond donors (Lipinski definition) is 1. The van der Waals surface area contributed by atoms with Gasteiger partial charge in [0.1, 0.15) is 11.4 Å². The SMILES string of the molecule is CCOc1ccc(NC(=O)CCn2ccc(C)n2)c([N+](=O)[O-])c1. The number of carbonyl (C=O) groups is 1. The van der Waals surface area contributed by atoms with E-state index in [1.807, 2.05) is 13.0 Å². The van der Waals surface area contributed by atoms with Crippen molar-refractivity contribution in [2.75, 3.05) is 11.9 Å². The maximum atomic E-state index is 12.0. The minimum Gasteiger partial charge on any atom is -0.494 e. The van der Waals surface area contributed by atoms with Crippen LogP contribution in [0.15, 0.2) is 30.5 Å². The fourth-order valence-electron chi connectivity index (χ4n) is 2.04. The van der Waals surface area contributed by atoms with Gasteiger partial charge in [-0.3, -0.25) is 19.6 Å². The Morgan fingerprint density at radius 1 is 1.43 bits per heavy atom. The lowest BCUT2D eigenvalue weighted by Crippen LogP contribution is -2.15. The first-order chi connectivity index (χ1) is 11.0. The Morgan fingerprint density at radius 3 is 2.83 bits per heavy atom. The van der Waals surface area contributed by atoms with Crippen molar-refractivity contribution in [1.29, 1.82) is 0 Å². The Kier molecular flexibility index (Phi) is 5.29. The molecule has 23 heavy (non-hydrogen) atoms. The molecule has 0 spiro atoms. The summed E-state index contributed by atoms with van der Waals surface area (Å²) in [6.45, 7) is 4.47. The van der Waals surface area contributed by atoms with E-state index in [-0.39, 0.29) is 23.7 Å². The first kappa shape index (κ1) is 16.5. The van der Waals surface area contributed by atoms with Crippen LogP contribution < -0.4 is 10.1 Å². The highest BCUT2D eigenvalue weighted by atomic mass is 16.6. The highest BCUT2D eigenvalue weighted by Crippen LogP contribution is 2.29.